The minimum Gasteiger partial charge on any atom is -0.478 e. The van der Waals surface area contributed by atoms with E-state index in [1.165, 1.54) is 18.3 Å². The van der Waals surface area contributed by atoms with Gasteiger partial charge < -0.3 is 10.4 Å². The normalized spacial score (nSPS) is 10.3. The average Bonchev–Trinajstić information content (AvgIpc) is 2.37. The summed E-state index contributed by atoms with van der Waals surface area (Å²) in [6, 6.07) is 4.62. The molecule has 98 valence electrons. The van der Waals surface area contributed by atoms with Crippen LogP contribution in [-0.4, -0.2) is 16.1 Å². The zero-order valence-corrected chi connectivity index (χ0v) is 10.1. The molecule has 1 heterocycles. The van der Waals surface area contributed by atoms with E-state index < -0.39 is 28.9 Å². The molecule has 19 heavy (non-hydrogen) atoms. The lowest BCUT2D eigenvalue weighted by molar-refractivity contribution is 0.0697. The van der Waals surface area contributed by atoms with Gasteiger partial charge in [-0.05, 0) is 24.3 Å². The zero-order chi connectivity index (χ0) is 14.0. The summed E-state index contributed by atoms with van der Waals surface area (Å²) in [5.41, 5.74) is -0.877. The number of aromatic nitrogens is 1. The van der Waals surface area contributed by atoms with Crippen molar-refractivity contribution >= 4 is 29.1 Å². The second kappa shape index (κ2) is 5.19. The van der Waals surface area contributed by atoms with Gasteiger partial charge in [0.05, 0.1) is 16.3 Å². The largest absolute Gasteiger partial charge is 0.478 e. The molecule has 0 unspecified atom stereocenters. The van der Waals surface area contributed by atoms with Gasteiger partial charge in [0.2, 0.25) is 0 Å². The monoisotopic (exact) mass is 284 g/mol. The Morgan fingerprint density at radius 2 is 2.00 bits per heavy atom. The van der Waals surface area contributed by atoms with Crippen LogP contribution in [0.15, 0.2) is 30.5 Å². The molecule has 1 aromatic heterocycles. The number of anilines is 2. The fourth-order valence-corrected chi connectivity index (χ4v) is 1.54. The number of carbonyl (C=O) groups is 1. The van der Waals surface area contributed by atoms with Crippen LogP contribution >= 0.6 is 11.6 Å². The lowest BCUT2D eigenvalue weighted by atomic mass is 10.1. The number of pyridine rings is 1. The van der Waals surface area contributed by atoms with Crippen molar-refractivity contribution in [1.29, 1.82) is 0 Å². The fraction of sp³-hybridized carbons (Fsp3) is 0. The van der Waals surface area contributed by atoms with E-state index in [4.69, 9.17) is 16.7 Å². The second-order valence-corrected chi connectivity index (χ2v) is 4.01. The third kappa shape index (κ3) is 2.79. The molecule has 0 saturated carbocycles. The lowest BCUT2D eigenvalue weighted by Crippen LogP contribution is -2.07. The summed E-state index contributed by atoms with van der Waals surface area (Å²) in [5.74, 6) is -3.66. The topological polar surface area (TPSA) is 62.2 Å². The van der Waals surface area contributed by atoms with E-state index in [9.17, 15) is 13.6 Å². The minimum absolute atomic E-state index is 0.149. The number of benzene rings is 1. The molecule has 0 spiro atoms. The van der Waals surface area contributed by atoms with Crippen LogP contribution in [0.3, 0.4) is 0 Å². The molecule has 2 N–H and O–H groups in total. The predicted octanol–water partition coefficient (Wildman–Crippen LogP) is 3.46. The lowest BCUT2D eigenvalue weighted by Gasteiger charge is -2.10. The molecule has 4 nitrogen and oxygen atoms in total. The second-order valence-electron chi connectivity index (χ2n) is 3.58. The van der Waals surface area contributed by atoms with Crippen LogP contribution in [0.5, 0.6) is 0 Å². The Morgan fingerprint density at radius 1 is 1.26 bits per heavy atom. The Balaban J connectivity index is 2.46. The first kappa shape index (κ1) is 13.2. The van der Waals surface area contributed by atoms with Crippen molar-refractivity contribution < 1.29 is 18.7 Å². The van der Waals surface area contributed by atoms with E-state index >= 15 is 0 Å². The molecule has 7 heteroatoms. The van der Waals surface area contributed by atoms with Crippen molar-refractivity contribution in [2.24, 2.45) is 0 Å². The van der Waals surface area contributed by atoms with Crippen molar-refractivity contribution in [2.75, 3.05) is 5.32 Å². The van der Waals surface area contributed by atoms with E-state index in [0.29, 0.717) is 5.02 Å². The maximum atomic E-state index is 13.6. The SMILES string of the molecule is O=C(O)c1ccc(F)c(F)c1Nc1ccc(Cl)cn1. The van der Waals surface area contributed by atoms with Crippen LogP contribution in [0.25, 0.3) is 0 Å². The molecular formula is C12H7ClF2N2O2. The van der Waals surface area contributed by atoms with Crippen LogP contribution < -0.4 is 5.32 Å². The van der Waals surface area contributed by atoms with E-state index in [2.05, 4.69) is 10.3 Å². The smallest absolute Gasteiger partial charge is 0.337 e. The molecule has 2 aromatic rings. The minimum atomic E-state index is -1.38. The van der Waals surface area contributed by atoms with Gasteiger partial charge >= 0.3 is 5.97 Å². The summed E-state index contributed by atoms with van der Waals surface area (Å²) in [4.78, 5) is 14.8. The highest BCUT2D eigenvalue weighted by molar-refractivity contribution is 6.30. The van der Waals surface area contributed by atoms with Crippen molar-refractivity contribution in [3.05, 3.63) is 52.7 Å². The van der Waals surface area contributed by atoms with Gasteiger partial charge in [-0.25, -0.2) is 18.6 Å². The Labute approximate surface area is 111 Å². The molecule has 0 bridgehead atoms. The average molecular weight is 285 g/mol. The van der Waals surface area contributed by atoms with E-state index in [1.807, 2.05) is 0 Å². The number of nitrogens with one attached hydrogen (secondary N) is 1. The molecule has 0 aliphatic rings. The molecule has 0 atom stereocenters. The number of rotatable bonds is 3. The maximum absolute atomic E-state index is 13.6. The van der Waals surface area contributed by atoms with Gasteiger partial charge in [-0.1, -0.05) is 11.6 Å². The molecular weight excluding hydrogens is 278 g/mol. The Morgan fingerprint density at radius 3 is 2.58 bits per heavy atom. The molecule has 0 amide bonds. The number of hydrogen-bond donors (Lipinski definition) is 2. The van der Waals surface area contributed by atoms with Gasteiger partial charge in [0.25, 0.3) is 0 Å². The summed E-state index contributed by atoms with van der Waals surface area (Å²) in [6.07, 6.45) is 1.29. The van der Waals surface area contributed by atoms with E-state index in [-0.39, 0.29) is 5.82 Å². The first-order valence-corrected chi connectivity index (χ1v) is 5.46. The number of carboxylic acid groups (broad SMARTS) is 1. The highest BCUT2D eigenvalue weighted by Gasteiger charge is 2.18. The van der Waals surface area contributed by atoms with Crippen LogP contribution in [0.2, 0.25) is 5.02 Å². The first-order chi connectivity index (χ1) is 8.99. The van der Waals surface area contributed by atoms with Crippen molar-refractivity contribution in [3.63, 3.8) is 0 Å². The zero-order valence-electron chi connectivity index (χ0n) is 9.32. The van der Waals surface area contributed by atoms with E-state index in [0.717, 1.165) is 12.1 Å². The number of aromatic carboxylic acids is 1. The molecule has 2 rings (SSSR count). The van der Waals surface area contributed by atoms with E-state index in [1.54, 1.807) is 0 Å². The van der Waals surface area contributed by atoms with Gasteiger partial charge in [-0.2, -0.15) is 0 Å². The van der Waals surface area contributed by atoms with Gasteiger partial charge in [0.1, 0.15) is 5.82 Å². The fourth-order valence-electron chi connectivity index (χ4n) is 1.43. The predicted molar refractivity (Wildman–Crippen MR) is 65.8 cm³/mol. The molecule has 0 saturated heterocycles. The Hall–Kier alpha value is -2.21. The van der Waals surface area contributed by atoms with Crippen LogP contribution in [0, 0.1) is 11.6 Å². The van der Waals surface area contributed by atoms with Crippen LogP contribution in [-0.2, 0) is 0 Å². The van der Waals surface area contributed by atoms with Crippen LogP contribution in [0.4, 0.5) is 20.3 Å². The third-order valence-electron chi connectivity index (χ3n) is 2.31. The standard InChI is InChI=1S/C12H7ClF2N2O2/c13-6-1-4-9(16-5-6)17-11-7(12(18)19)2-3-8(14)10(11)15/h1-5H,(H,16,17)(H,18,19). The van der Waals surface area contributed by atoms with Crippen LogP contribution in [0.1, 0.15) is 10.4 Å². The summed E-state index contributed by atoms with van der Waals surface area (Å²) in [7, 11) is 0. The maximum Gasteiger partial charge on any atom is 0.337 e. The van der Waals surface area contributed by atoms with Crippen molar-refractivity contribution in [2.45, 2.75) is 0 Å². The van der Waals surface area contributed by atoms with Gasteiger partial charge in [0, 0.05) is 6.20 Å². The van der Waals surface area contributed by atoms with Crippen molar-refractivity contribution in [1.82, 2.24) is 4.98 Å². The number of halogens is 3. The quantitative estimate of drug-likeness (QED) is 0.906. The summed E-state index contributed by atoms with van der Waals surface area (Å²) in [5, 5.41) is 11.7. The van der Waals surface area contributed by atoms with Crippen molar-refractivity contribution in [3.8, 4) is 0 Å². The molecule has 0 aliphatic heterocycles. The summed E-state index contributed by atoms with van der Waals surface area (Å²) in [6.45, 7) is 0. The molecule has 0 fully saturated rings. The highest BCUT2D eigenvalue weighted by Crippen LogP contribution is 2.26. The Bertz CT molecular complexity index is 632. The Kier molecular flexibility index (Phi) is 3.62. The molecule has 0 aliphatic carbocycles. The number of nitrogens with zero attached hydrogens (tertiary/aromatic N) is 1. The number of hydrogen-bond acceptors (Lipinski definition) is 3. The first-order valence-electron chi connectivity index (χ1n) is 5.09. The molecule has 0 radical (unpaired) electrons. The summed E-state index contributed by atoms with van der Waals surface area (Å²) >= 11 is 5.63. The summed E-state index contributed by atoms with van der Waals surface area (Å²) < 4.78 is 26.8. The van der Waals surface area contributed by atoms with Gasteiger partial charge in [-0.3, -0.25) is 0 Å². The number of carboxylic acids is 1. The third-order valence-corrected chi connectivity index (χ3v) is 2.53. The van der Waals surface area contributed by atoms with Gasteiger partial charge in [0.15, 0.2) is 11.6 Å². The molecule has 1 aromatic carbocycles. The highest BCUT2D eigenvalue weighted by atomic mass is 35.5. The van der Waals surface area contributed by atoms with Gasteiger partial charge in [-0.15, -0.1) is 0 Å².